The Hall–Kier alpha value is -1.59. The minimum atomic E-state index is -0.815. The lowest BCUT2D eigenvalue weighted by Crippen LogP contribution is -2.44. The van der Waals surface area contributed by atoms with Crippen LogP contribution in [0.15, 0.2) is 18.2 Å². The smallest absolute Gasteiger partial charge is 0.407 e. The standard InChI is InChI=1S/C16H23N3O2/c1-17-7-9-18(10-8-17)11-13-3-2-4-14-12-19(16(20)21)6-5-15(13)14/h2-4H,5-12H2,1H3,(H,20,21). The fourth-order valence-corrected chi connectivity index (χ4v) is 3.25. The summed E-state index contributed by atoms with van der Waals surface area (Å²) in [6, 6.07) is 6.33. The SMILES string of the molecule is CN1CCN(Cc2cccc3c2CCN(C(=O)O)C3)CC1. The molecule has 2 heterocycles. The third-order valence-corrected chi connectivity index (χ3v) is 4.62. The predicted molar refractivity (Wildman–Crippen MR) is 81.4 cm³/mol. The summed E-state index contributed by atoms with van der Waals surface area (Å²) >= 11 is 0. The molecule has 2 aliphatic heterocycles. The molecule has 21 heavy (non-hydrogen) atoms. The van der Waals surface area contributed by atoms with Gasteiger partial charge in [-0.25, -0.2) is 4.79 Å². The van der Waals surface area contributed by atoms with Gasteiger partial charge in [0.2, 0.25) is 0 Å². The van der Waals surface area contributed by atoms with Gasteiger partial charge in [-0.1, -0.05) is 18.2 Å². The molecule has 3 rings (SSSR count). The Morgan fingerprint density at radius 2 is 1.95 bits per heavy atom. The summed E-state index contributed by atoms with van der Waals surface area (Å²) in [7, 11) is 2.17. The van der Waals surface area contributed by atoms with E-state index in [2.05, 4.69) is 35.0 Å². The van der Waals surface area contributed by atoms with Crippen LogP contribution in [0.2, 0.25) is 0 Å². The van der Waals surface area contributed by atoms with Gasteiger partial charge in [-0.3, -0.25) is 4.90 Å². The van der Waals surface area contributed by atoms with Gasteiger partial charge in [0.15, 0.2) is 0 Å². The highest BCUT2D eigenvalue weighted by Crippen LogP contribution is 2.24. The van der Waals surface area contributed by atoms with E-state index in [1.807, 2.05) is 0 Å². The maximum atomic E-state index is 11.1. The predicted octanol–water partition coefficient (Wildman–Crippen LogP) is 1.47. The second kappa shape index (κ2) is 6.03. The quantitative estimate of drug-likeness (QED) is 0.895. The molecule has 0 spiro atoms. The lowest BCUT2D eigenvalue weighted by atomic mass is 9.94. The van der Waals surface area contributed by atoms with Crippen LogP contribution < -0.4 is 0 Å². The zero-order valence-corrected chi connectivity index (χ0v) is 12.6. The van der Waals surface area contributed by atoms with Crippen molar-refractivity contribution < 1.29 is 9.90 Å². The van der Waals surface area contributed by atoms with Gasteiger partial charge in [0.1, 0.15) is 0 Å². The van der Waals surface area contributed by atoms with E-state index in [1.54, 1.807) is 0 Å². The highest BCUT2D eigenvalue weighted by molar-refractivity contribution is 5.65. The van der Waals surface area contributed by atoms with E-state index in [-0.39, 0.29) is 0 Å². The van der Waals surface area contributed by atoms with Gasteiger partial charge in [0.05, 0.1) is 0 Å². The average Bonchev–Trinajstić information content (AvgIpc) is 2.49. The summed E-state index contributed by atoms with van der Waals surface area (Å²) in [4.78, 5) is 17.5. The Bertz CT molecular complexity index is 524. The lowest BCUT2D eigenvalue weighted by molar-refractivity contribution is 0.138. The van der Waals surface area contributed by atoms with Crippen molar-refractivity contribution >= 4 is 6.09 Å². The van der Waals surface area contributed by atoms with Crippen LogP contribution in [0.4, 0.5) is 4.79 Å². The van der Waals surface area contributed by atoms with Crippen LogP contribution in [0.25, 0.3) is 0 Å². The average molecular weight is 289 g/mol. The van der Waals surface area contributed by atoms with Crippen LogP contribution in [0, 0.1) is 0 Å². The number of amides is 1. The van der Waals surface area contributed by atoms with Crippen molar-refractivity contribution in [2.75, 3.05) is 39.8 Å². The minimum absolute atomic E-state index is 0.529. The fraction of sp³-hybridized carbons (Fsp3) is 0.562. The number of carbonyl (C=O) groups is 1. The molecule has 1 amide bonds. The van der Waals surface area contributed by atoms with Crippen LogP contribution in [0.5, 0.6) is 0 Å². The molecule has 1 fully saturated rings. The molecule has 0 atom stereocenters. The Morgan fingerprint density at radius 3 is 2.67 bits per heavy atom. The number of benzene rings is 1. The molecule has 5 nitrogen and oxygen atoms in total. The monoisotopic (exact) mass is 289 g/mol. The van der Waals surface area contributed by atoms with Gasteiger partial charge >= 0.3 is 6.09 Å². The normalized spacial score (nSPS) is 20.3. The molecule has 5 heteroatoms. The molecule has 0 aliphatic carbocycles. The highest BCUT2D eigenvalue weighted by atomic mass is 16.4. The van der Waals surface area contributed by atoms with E-state index in [4.69, 9.17) is 5.11 Å². The van der Waals surface area contributed by atoms with Crippen LogP contribution in [-0.2, 0) is 19.5 Å². The number of piperazine rings is 1. The first-order valence-corrected chi connectivity index (χ1v) is 7.62. The Balaban J connectivity index is 1.73. The summed E-state index contributed by atoms with van der Waals surface area (Å²) in [6.07, 6.45) is 0.0241. The molecule has 0 saturated carbocycles. The van der Waals surface area contributed by atoms with E-state index >= 15 is 0 Å². The Kier molecular flexibility index (Phi) is 4.12. The lowest BCUT2D eigenvalue weighted by Gasteiger charge is -2.34. The zero-order chi connectivity index (χ0) is 14.8. The van der Waals surface area contributed by atoms with E-state index in [9.17, 15) is 4.79 Å². The minimum Gasteiger partial charge on any atom is -0.465 e. The number of fused-ring (bicyclic) bond motifs is 1. The van der Waals surface area contributed by atoms with Gasteiger partial charge in [0, 0.05) is 45.8 Å². The zero-order valence-electron chi connectivity index (χ0n) is 12.6. The van der Waals surface area contributed by atoms with Crippen molar-refractivity contribution in [3.8, 4) is 0 Å². The third-order valence-electron chi connectivity index (χ3n) is 4.62. The number of carboxylic acid groups (broad SMARTS) is 1. The van der Waals surface area contributed by atoms with Crippen molar-refractivity contribution in [3.63, 3.8) is 0 Å². The number of hydrogen-bond acceptors (Lipinski definition) is 3. The van der Waals surface area contributed by atoms with Crippen LogP contribution in [0.3, 0.4) is 0 Å². The largest absolute Gasteiger partial charge is 0.465 e. The topological polar surface area (TPSA) is 47.0 Å². The number of likely N-dealkylation sites (N-methyl/N-ethyl adjacent to an activating group) is 1. The summed E-state index contributed by atoms with van der Waals surface area (Å²) < 4.78 is 0. The number of hydrogen-bond donors (Lipinski definition) is 1. The van der Waals surface area contributed by atoms with Crippen LogP contribution >= 0.6 is 0 Å². The van der Waals surface area contributed by atoms with Gasteiger partial charge in [0.25, 0.3) is 0 Å². The van der Waals surface area contributed by atoms with E-state index < -0.39 is 6.09 Å². The molecule has 1 aromatic carbocycles. The molecule has 1 N–H and O–H groups in total. The van der Waals surface area contributed by atoms with Crippen molar-refractivity contribution in [1.82, 2.24) is 14.7 Å². The first-order valence-electron chi connectivity index (χ1n) is 7.62. The van der Waals surface area contributed by atoms with Crippen molar-refractivity contribution in [3.05, 3.63) is 34.9 Å². The summed E-state index contributed by atoms with van der Waals surface area (Å²) in [6.45, 7) is 6.61. The second-order valence-electron chi connectivity index (χ2n) is 6.09. The maximum Gasteiger partial charge on any atom is 0.407 e. The third kappa shape index (κ3) is 3.19. The first-order chi connectivity index (χ1) is 10.1. The molecule has 1 saturated heterocycles. The number of nitrogens with zero attached hydrogens (tertiary/aromatic N) is 3. The van der Waals surface area contributed by atoms with Crippen LogP contribution in [0.1, 0.15) is 16.7 Å². The van der Waals surface area contributed by atoms with Gasteiger partial charge in [-0.15, -0.1) is 0 Å². The fourth-order valence-electron chi connectivity index (χ4n) is 3.25. The molecular formula is C16H23N3O2. The van der Waals surface area contributed by atoms with Gasteiger partial charge < -0.3 is 14.9 Å². The highest BCUT2D eigenvalue weighted by Gasteiger charge is 2.23. The second-order valence-corrected chi connectivity index (χ2v) is 6.09. The molecule has 0 unspecified atom stereocenters. The summed E-state index contributed by atoms with van der Waals surface area (Å²) in [5.74, 6) is 0. The molecule has 114 valence electrons. The van der Waals surface area contributed by atoms with Crippen molar-refractivity contribution in [2.24, 2.45) is 0 Å². The van der Waals surface area contributed by atoms with Crippen molar-refractivity contribution in [2.45, 2.75) is 19.5 Å². The Labute approximate surface area is 125 Å². The molecule has 0 radical (unpaired) electrons. The summed E-state index contributed by atoms with van der Waals surface area (Å²) in [5, 5.41) is 9.13. The van der Waals surface area contributed by atoms with Crippen molar-refractivity contribution in [1.29, 1.82) is 0 Å². The van der Waals surface area contributed by atoms with E-state index in [0.717, 1.165) is 39.1 Å². The van der Waals surface area contributed by atoms with Crippen LogP contribution in [-0.4, -0.2) is 65.7 Å². The van der Waals surface area contributed by atoms with Gasteiger partial charge in [-0.05, 0) is 30.2 Å². The molecular weight excluding hydrogens is 266 g/mol. The Morgan fingerprint density at radius 1 is 1.19 bits per heavy atom. The summed E-state index contributed by atoms with van der Waals surface area (Å²) in [5.41, 5.74) is 3.92. The molecule has 0 bridgehead atoms. The molecule has 2 aliphatic rings. The molecule has 0 aromatic heterocycles. The number of rotatable bonds is 2. The van der Waals surface area contributed by atoms with Gasteiger partial charge in [-0.2, -0.15) is 0 Å². The molecule has 1 aromatic rings. The first kappa shape index (κ1) is 14.4. The van der Waals surface area contributed by atoms with E-state index in [1.165, 1.54) is 21.6 Å². The maximum absolute atomic E-state index is 11.1. The van der Waals surface area contributed by atoms with E-state index in [0.29, 0.717) is 13.1 Å².